The number of nitrogens with zero attached hydrogens (tertiary/aromatic N) is 5. The summed E-state index contributed by atoms with van der Waals surface area (Å²) in [5.41, 5.74) is 10.1. The Balaban J connectivity index is 0.943. The van der Waals surface area contributed by atoms with E-state index in [0.29, 0.717) is 61.3 Å². The smallest absolute Gasteiger partial charge is 0.297 e. The molecule has 5 aromatic rings. The van der Waals surface area contributed by atoms with Crippen molar-refractivity contribution in [1.29, 1.82) is 0 Å². The van der Waals surface area contributed by atoms with Gasteiger partial charge in [-0.05, 0) is 91.8 Å². The molecule has 368 valence electrons. The fourth-order valence-electron chi connectivity index (χ4n) is 12.5. The van der Waals surface area contributed by atoms with E-state index in [1.165, 1.54) is 23.6 Å². The summed E-state index contributed by atoms with van der Waals surface area (Å²) in [5, 5.41) is 16.9. The van der Waals surface area contributed by atoms with Crippen LogP contribution >= 0.6 is 0 Å². The van der Waals surface area contributed by atoms with E-state index in [1.54, 1.807) is 23.2 Å². The molecule has 4 N–H and O–H groups in total. The number of carbonyl (C=O) groups excluding carboxylic acids is 1. The number of pyridine rings is 1. The van der Waals surface area contributed by atoms with E-state index in [0.717, 1.165) is 50.1 Å². The summed E-state index contributed by atoms with van der Waals surface area (Å²) >= 11 is 0. The molecule has 1 aliphatic carbocycles. The lowest BCUT2D eigenvalue weighted by Crippen LogP contribution is -2.55. The summed E-state index contributed by atoms with van der Waals surface area (Å²) in [6, 6.07) is 18.0. The zero-order valence-electron chi connectivity index (χ0n) is 39.3. The number of aromatic nitrogens is 2. The Hall–Kier alpha value is -5.99. The summed E-state index contributed by atoms with van der Waals surface area (Å²) in [5.74, 6) is -0.181. The van der Waals surface area contributed by atoms with E-state index in [4.69, 9.17) is 34.4 Å². The number of rotatable bonds is 10. The number of fused-ring (bicyclic) bond motifs is 4. The third-order valence-electron chi connectivity index (χ3n) is 16.1. The van der Waals surface area contributed by atoms with Crippen LogP contribution in [0.4, 0.5) is 28.4 Å². The lowest BCUT2D eigenvalue weighted by molar-refractivity contribution is -0.384. The molecule has 12 rings (SSSR count). The van der Waals surface area contributed by atoms with Crippen LogP contribution in [-0.4, -0.2) is 124 Å². The van der Waals surface area contributed by atoms with Gasteiger partial charge in [-0.1, -0.05) is 38.1 Å². The Kier molecular flexibility index (Phi) is 11.2. The van der Waals surface area contributed by atoms with Crippen molar-refractivity contribution in [2.45, 2.75) is 104 Å². The van der Waals surface area contributed by atoms with Gasteiger partial charge in [0.1, 0.15) is 35.0 Å². The molecule has 1 spiro atoms. The fourth-order valence-corrected chi connectivity index (χ4v) is 14.2. The molecule has 2 aromatic heterocycles. The highest BCUT2D eigenvalue weighted by Gasteiger charge is 2.51. The van der Waals surface area contributed by atoms with Gasteiger partial charge in [0, 0.05) is 48.9 Å². The Labute approximate surface area is 405 Å². The summed E-state index contributed by atoms with van der Waals surface area (Å²) in [6.07, 6.45) is 6.87. The molecule has 4 saturated heterocycles. The van der Waals surface area contributed by atoms with E-state index in [1.807, 2.05) is 12.1 Å². The molecule has 8 heterocycles. The Morgan fingerprint density at radius 2 is 1.77 bits per heavy atom. The highest BCUT2D eigenvalue weighted by atomic mass is 32.2. The maximum Gasteiger partial charge on any atom is 0.297 e. The molecule has 1 saturated carbocycles. The van der Waals surface area contributed by atoms with Crippen LogP contribution in [0.5, 0.6) is 11.6 Å². The number of nitrogens with two attached hydrogens (primary N) is 1. The van der Waals surface area contributed by atoms with Crippen molar-refractivity contribution in [3.8, 4) is 11.6 Å². The van der Waals surface area contributed by atoms with Gasteiger partial charge in [-0.25, -0.2) is 8.42 Å². The number of hydrogen-bond acceptors (Lipinski definition) is 15. The Morgan fingerprint density at radius 1 is 0.957 bits per heavy atom. The molecule has 3 aromatic carbocycles. The first-order valence-corrected chi connectivity index (χ1v) is 26.1. The average molecular weight is 975 g/mol. The maximum absolute atomic E-state index is 16.1. The van der Waals surface area contributed by atoms with Gasteiger partial charge in [0.05, 0.1) is 71.9 Å². The molecule has 6 aliphatic heterocycles. The van der Waals surface area contributed by atoms with Crippen molar-refractivity contribution >= 4 is 55.2 Å². The van der Waals surface area contributed by atoms with E-state index in [-0.39, 0.29) is 70.2 Å². The van der Waals surface area contributed by atoms with Crippen LogP contribution in [0.25, 0.3) is 11.0 Å². The number of benzene rings is 3. The largest absolute Gasteiger partial charge is 0.489 e. The minimum Gasteiger partial charge on any atom is -0.489 e. The summed E-state index contributed by atoms with van der Waals surface area (Å²) < 4.78 is 62.2. The molecule has 0 unspecified atom stereocenters. The number of nitro groups is 1. The molecule has 18 nitrogen and oxygen atoms in total. The summed E-state index contributed by atoms with van der Waals surface area (Å²) in [7, 11) is -4.79. The number of nitro benzene ring substituents is 1. The first-order chi connectivity index (χ1) is 33.9. The first-order valence-electron chi connectivity index (χ1n) is 24.6. The number of primary amides is 1. The second-order valence-corrected chi connectivity index (χ2v) is 22.3. The number of ether oxygens (including phenoxy) is 5. The first kappa shape index (κ1) is 45.2. The van der Waals surface area contributed by atoms with Gasteiger partial charge in [-0.2, -0.15) is 4.98 Å². The van der Waals surface area contributed by atoms with Crippen molar-refractivity contribution in [3.05, 3.63) is 93.7 Å². The molecule has 5 atom stereocenters. The van der Waals surface area contributed by atoms with Gasteiger partial charge >= 0.3 is 0 Å². The Bertz CT molecular complexity index is 3000. The van der Waals surface area contributed by atoms with Crippen LogP contribution in [0, 0.1) is 15.5 Å². The van der Waals surface area contributed by atoms with E-state index < -0.39 is 50.6 Å². The van der Waals surface area contributed by atoms with Gasteiger partial charge in [-0.15, -0.1) is 0 Å². The number of likely N-dealkylation sites (tertiary alicyclic amines) is 1. The highest BCUT2D eigenvalue weighted by Crippen LogP contribution is 2.56. The predicted molar refractivity (Wildman–Crippen MR) is 260 cm³/mol. The van der Waals surface area contributed by atoms with Gasteiger partial charge in [0.2, 0.25) is 15.7 Å². The van der Waals surface area contributed by atoms with Crippen molar-refractivity contribution in [2.24, 2.45) is 11.1 Å². The van der Waals surface area contributed by atoms with Crippen LogP contribution < -0.4 is 30.3 Å². The van der Waals surface area contributed by atoms with Crippen LogP contribution in [0.15, 0.2) is 76.7 Å². The van der Waals surface area contributed by atoms with Gasteiger partial charge < -0.3 is 49.5 Å². The normalized spacial score (nSPS) is 25.4. The van der Waals surface area contributed by atoms with E-state index >= 15 is 8.42 Å². The number of amides is 1. The van der Waals surface area contributed by atoms with Crippen molar-refractivity contribution in [1.82, 2.24) is 14.9 Å². The molecule has 0 radical (unpaired) electrons. The number of nitrogens with one attached hydrogen (secondary N) is 2. The molecular weight excluding hydrogens is 917 g/mol. The number of piperidine rings is 1. The third-order valence-corrected chi connectivity index (χ3v) is 17.9. The highest BCUT2D eigenvalue weighted by molar-refractivity contribution is 7.91. The van der Waals surface area contributed by atoms with Crippen LogP contribution in [-0.2, 0) is 24.0 Å². The quantitative estimate of drug-likeness (QED) is 0.0949. The number of H-pyrrole nitrogens is 1. The minimum absolute atomic E-state index is 0.00215. The second-order valence-electron chi connectivity index (χ2n) is 20.4. The van der Waals surface area contributed by atoms with Crippen LogP contribution in [0.2, 0.25) is 0 Å². The lowest BCUT2D eigenvalue weighted by Gasteiger charge is -2.56. The predicted octanol–water partition coefficient (Wildman–Crippen LogP) is 7.00. The number of aromatic amines is 1. The zero-order chi connectivity index (χ0) is 48.1. The molecule has 5 fully saturated rings. The monoisotopic (exact) mass is 974 g/mol. The number of anilines is 4. The van der Waals surface area contributed by atoms with Crippen molar-refractivity contribution in [3.63, 3.8) is 0 Å². The number of sulfone groups is 1. The average Bonchev–Trinajstić information content (AvgIpc) is 4.15. The Morgan fingerprint density at radius 3 is 2.54 bits per heavy atom. The molecule has 7 aliphatic rings. The fraction of sp³-hybridized carbons (Fsp3) is 0.490. The maximum atomic E-state index is 16.1. The molecule has 0 bridgehead atoms. The van der Waals surface area contributed by atoms with E-state index in [2.05, 4.69) is 58.2 Å². The topological polar surface area (TPSA) is 217 Å². The molecular formula is C51H58N8O10S. The van der Waals surface area contributed by atoms with E-state index in [9.17, 15) is 14.9 Å². The van der Waals surface area contributed by atoms with Gasteiger partial charge in [0.25, 0.3) is 11.6 Å². The van der Waals surface area contributed by atoms with Crippen molar-refractivity contribution in [2.75, 3.05) is 74.4 Å². The number of hydrogen-bond donors (Lipinski definition) is 3. The second kappa shape index (κ2) is 17.4. The van der Waals surface area contributed by atoms with Gasteiger partial charge in [-0.3, -0.25) is 19.8 Å². The standard InChI is InChI=1S/C51H58N8O10S/c1-29(2)33-6-3-4-7-34(33)37-8-5-15-57(37)31-23-51(24-31)12-16-56(17-13-51)38-10-9-35(48(52)60)46(58-40-20-30-11-14-53-49(30)55-50(40)69-44-28-66-26-41(44)58)47(38)70(63,64)32-21-39(59(61)62)45-42(22-32)68-25-36(54-45)43-27-65-18-19-67-43/h3-4,6-7,9-11,14,20-22,29,31,36-37,41,43-44,54H,5,8,12-13,15-19,23-28H2,1-2H3,(H2,52,60)(H,53,55)/t36-,37+,41+,43-,44+/m1/s1. The zero-order valence-corrected chi connectivity index (χ0v) is 40.1. The third kappa shape index (κ3) is 7.54. The SMILES string of the molecule is CC(C)c1ccccc1[C@@H]1CCCN1C1CC2(CCN(c3ccc(C(N)=O)c(N4c5cc6cc[nH]c6nc5O[C@H]5COC[C@@H]54)c3S(=O)(=O)c3cc4c(c([N+](=O)[O-])c3)N[C@@H]([C@H]3COCCO3)CO4)CC2)C1. The molecule has 1 amide bonds. The van der Waals surface area contributed by atoms with Crippen LogP contribution in [0.3, 0.4) is 0 Å². The molecule has 19 heteroatoms. The summed E-state index contributed by atoms with van der Waals surface area (Å²) in [4.78, 5) is 40.2. The van der Waals surface area contributed by atoms with Crippen LogP contribution in [0.1, 0.15) is 85.8 Å². The lowest BCUT2D eigenvalue weighted by atomic mass is 9.59. The summed E-state index contributed by atoms with van der Waals surface area (Å²) in [6.45, 7) is 8.17. The molecule has 70 heavy (non-hydrogen) atoms. The number of carbonyl (C=O) groups is 1. The minimum atomic E-state index is -4.79. The van der Waals surface area contributed by atoms with Gasteiger partial charge in [0.15, 0.2) is 11.4 Å². The van der Waals surface area contributed by atoms with Crippen molar-refractivity contribution < 1.29 is 41.8 Å².